The zero-order valence-electron chi connectivity index (χ0n) is 16.5. The molecule has 3 atom stereocenters. The molecule has 6 heteroatoms. The molecule has 0 bridgehead atoms. The fourth-order valence-corrected chi connectivity index (χ4v) is 4.68. The highest BCUT2D eigenvalue weighted by molar-refractivity contribution is 5.82. The Bertz CT molecular complexity index is 806. The number of aryl methyl sites for hydroxylation is 1. The number of nitrogens with zero attached hydrogens (tertiary/aromatic N) is 2. The van der Waals surface area contributed by atoms with Gasteiger partial charge in [0.2, 0.25) is 5.91 Å². The third kappa shape index (κ3) is 4.27. The molecule has 4 rings (SSSR count). The van der Waals surface area contributed by atoms with Crippen molar-refractivity contribution in [3.63, 3.8) is 0 Å². The summed E-state index contributed by atoms with van der Waals surface area (Å²) in [5, 5.41) is 10.9. The van der Waals surface area contributed by atoms with Gasteiger partial charge in [-0.2, -0.15) is 5.10 Å². The predicted octanol–water partition coefficient (Wildman–Crippen LogP) is 3.53. The van der Waals surface area contributed by atoms with E-state index >= 15 is 0 Å². The van der Waals surface area contributed by atoms with Gasteiger partial charge in [-0.3, -0.25) is 9.89 Å². The minimum absolute atomic E-state index is 0.00941. The second kappa shape index (κ2) is 8.43. The SMILES string of the molecule is CN(CCCc1cc(-c2cccc(F)c2)n[nH]1)C(=O)C1CC2CCCCC2N1. The van der Waals surface area contributed by atoms with Gasteiger partial charge in [-0.1, -0.05) is 25.0 Å². The van der Waals surface area contributed by atoms with E-state index in [9.17, 15) is 9.18 Å². The summed E-state index contributed by atoms with van der Waals surface area (Å²) in [4.78, 5) is 14.6. The lowest BCUT2D eigenvalue weighted by molar-refractivity contribution is -0.131. The molecule has 1 saturated heterocycles. The molecule has 2 heterocycles. The number of fused-ring (bicyclic) bond motifs is 1. The Hall–Kier alpha value is -2.21. The maximum atomic E-state index is 13.4. The van der Waals surface area contributed by atoms with Crippen LogP contribution in [0.1, 0.15) is 44.2 Å². The number of H-pyrrole nitrogens is 1. The van der Waals surface area contributed by atoms with Crippen LogP contribution in [-0.2, 0) is 11.2 Å². The van der Waals surface area contributed by atoms with Crippen LogP contribution in [0.5, 0.6) is 0 Å². The summed E-state index contributed by atoms with van der Waals surface area (Å²) in [6, 6.07) is 8.94. The number of aromatic amines is 1. The Morgan fingerprint density at radius 3 is 2.96 bits per heavy atom. The van der Waals surface area contributed by atoms with Gasteiger partial charge < -0.3 is 10.2 Å². The topological polar surface area (TPSA) is 61.0 Å². The van der Waals surface area contributed by atoms with Crippen molar-refractivity contribution in [1.82, 2.24) is 20.4 Å². The van der Waals surface area contributed by atoms with Crippen LogP contribution in [0.3, 0.4) is 0 Å². The third-order valence-electron chi connectivity index (χ3n) is 6.23. The van der Waals surface area contributed by atoms with Gasteiger partial charge >= 0.3 is 0 Å². The summed E-state index contributed by atoms with van der Waals surface area (Å²) in [6.07, 6.45) is 7.74. The maximum absolute atomic E-state index is 13.4. The highest BCUT2D eigenvalue weighted by Crippen LogP contribution is 2.33. The molecule has 2 aromatic rings. The quantitative estimate of drug-likeness (QED) is 0.801. The second-order valence-electron chi connectivity index (χ2n) is 8.26. The summed E-state index contributed by atoms with van der Waals surface area (Å²) >= 11 is 0. The summed E-state index contributed by atoms with van der Waals surface area (Å²) < 4.78 is 13.4. The van der Waals surface area contributed by atoms with Gasteiger partial charge in [0.25, 0.3) is 0 Å². The number of rotatable bonds is 6. The smallest absolute Gasteiger partial charge is 0.239 e. The molecule has 1 aliphatic carbocycles. The van der Waals surface area contributed by atoms with E-state index in [1.165, 1.54) is 37.8 Å². The lowest BCUT2D eigenvalue weighted by Crippen LogP contribution is -2.44. The van der Waals surface area contributed by atoms with Crippen LogP contribution in [0.4, 0.5) is 4.39 Å². The molecule has 1 saturated carbocycles. The first-order valence-corrected chi connectivity index (χ1v) is 10.4. The molecule has 1 aromatic carbocycles. The van der Waals surface area contributed by atoms with Crippen molar-refractivity contribution in [3.8, 4) is 11.3 Å². The van der Waals surface area contributed by atoms with Crippen LogP contribution in [0.25, 0.3) is 11.3 Å². The van der Waals surface area contributed by atoms with Gasteiger partial charge in [0.1, 0.15) is 5.82 Å². The summed E-state index contributed by atoms with van der Waals surface area (Å²) in [7, 11) is 1.90. The standard InChI is InChI=1S/C22H29FN4O/c1-27(22(28)21-13-16-6-2-3-10-19(16)24-21)11-5-9-18-14-20(26-25-18)15-7-4-8-17(23)12-15/h4,7-8,12,14,16,19,21,24H,2-3,5-6,9-11,13H2,1H3,(H,25,26). The molecular formula is C22H29FN4O. The number of benzene rings is 1. The lowest BCUT2D eigenvalue weighted by atomic mass is 9.85. The first-order valence-electron chi connectivity index (χ1n) is 10.4. The summed E-state index contributed by atoms with van der Waals surface area (Å²) in [6.45, 7) is 0.723. The van der Waals surface area contributed by atoms with Crippen LogP contribution in [0.2, 0.25) is 0 Å². The molecule has 3 unspecified atom stereocenters. The van der Waals surface area contributed by atoms with Gasteiger partial charge in [-0.25, -0.2) is 4.39 Å². The molecule has 150 valence electrons. The average Bonchev–Trinajstić information content (AvgIpc) is 3.34. The Balaban J connectivity index is 1.25. The van der Waals surface area contributed by atoms with E-state index in [-0.39, 0.29) is 17.8 Å². The van der Waals surface area contributed by atoms with E-state index in [2.05, 4.69) is 15.5 Å². The summed E-state index contributed by atoms with van der Waals surface area (Å²) in [5.41, 5.74) is 2.52. The zero-order chi connectivity index (χ0) is 19.5. The third-order valence-corrected chi connectivity index (χ3v) is 6.23. The zero-order valence-corrected chi connectivity index (χ0v) is 16.5. The number of carbonyl (C=O) groups excluding carboxylic acids is 1. The number of likely N-dealkylation sites (N-methyl/N-ethyl adjacent to an activating group) is 1. The number of halogens is 1. The van der Waals surface area contributed by atoms with Crippen LogP contribution < -0.4 is 5.32 Å². The number of hydrogen-bond acceptors (Lipinski definition) is 3. The molecule has 1 aromatic heterocycles. The number of amides is 1. The summed E-state index contributed by atoms with van der Waals surface area (Å²) in [5.74, 6) is 0.643. The van der Waals surface area contributed by atoms with Gasteiger partial charge in [-0.05, 0) is 56.2 Å². The lowest BCUT2D eigenvalue weighted by Gasteiger charge is -2.24. The Morgan fingerprint density at radius 1 is 1.29 bits per heavy atom. The molecule has 1 aliphatic heterocycles. The highest BCUT2D eigenvalue weighted by atomic mass is 19.1. The van der Waals surface area contributed by atoms with Crippen molar-refractivity contribution in [1.29, 1.82) is 0 Å². The minimum atomic E-state index is -0.262. The first kappa shape index (κ1) is 19.1. The van der Waals surface area contributed by atoms with E-state index < -0.39 is 0 Å². The van der Waals surface area contributed by atoms with E-state index in [1.807, 2.05) is 24.1 Å². The first-order chi connectivity index (χ1) is 13.6. The van der Waals surface area contributed by atoms with Crippen LogP contribution in [0.15, 0.2) is 30.3 Å². The van der Waals surface area contributed by atoms with E-state index in [1.54, 1.807) is 6.07 Å². The molecule has 0 radical (unpaired) electrons. The van der Waals surface area contributed by atoms with Crippen molar-refractivity contribution in [2.45, 2.75) is 57.0 Å². The van der Waals surface area contributed by atoms with Gasteiger partial charge in [0.05, 0.1) is 11.7 Å². The van der Waals surface area contributed by atoms with Crippen LogP contribution in [-0.4, -0.2) is 46.7 Å². The van der Waals surface area contributed by atoms with E-state index in [0.717, 1.165) is 42.8 Å². The fraction of sp³-hybridized carbons (Fsp3) is 0.545. The largest absolute Gasteiger partial charge is 0.344 e. The maximum Gasteiger partial charge on any atom is 0.239 e. The van der Waals surface area contributed by atoms with Crippen LogP contribution >= 0.6 is 0 Å². The van der Waals surface area contributed by atoms with Gasteiger partial charge in [-0.15, -0.1) is 0 Å². The monoisotopic (exact) mass is 384 g/mol. The molecule has 2 aliphatic rings. The van der Waals surface area contributed by atoms with Gasteiger partial charge in [0.15, 0.2) is 0 Å². The van der Waals surface area contributed by atoms with Crippen molar-refractivity contribution in [2.75, 3.05) is 13.6 Å². The number of aromatic nitrogens is 2. The van der Waals surface area contributed by atoms with Crippen LogP contribution in [0, 0.1) is 11.7 Å². The average molecular weight is 384 g/mol. The Morgan fingerprint density at radius 2 is 2.14 bits per heavy atom. The highest BCUT2D eigenvalue weighted by Gasteiger charge is 2.38. The molecule has 5 nitrogen and oxygen atoms in total. The minimum Gasteiger partial charge on any atom is -0.344 e. The Labute approximate surface area is 165 Å². The van der Waals surface area contributed by atoms with Crippen molar-refractivity contribution in [2.24, 2.45) is 5.92 Å². The van der Waals surface area contributed by atoms with Gasteiger partial charge in [0, 0.05) is 30.9 Å². The van der Waals surface area contributed by atoms with Crippen molar-refractivity contribution in [3.05, 3.63) is 41.8 Å². The molecule has 1 amide bonds. The molecular weight excluding hydrogens is 355 g/mol. The van der Waals surface area contributed by atoms with E-state index in [0.29, 0.717) is 12.0 Å². The number of hydrogen-bond donors (Lipinski definition) is 2. The second-order valence-corrected chi connectivity index (χ2v) is 8.26. The van der Waals surface area contributed by atoms with Crippen molar-refractivity contribution >= 4 is 5.91 Å². The molecule has 28 heavy (non-hydrogen) atoms. The molecule has 0 spiro atoms. The Kier molecular flexibility index (Phi) is 5.76. The number of carbonyl (C=O) groups is 1. The van der Waals surface area contributed by atoms with E-state index in [4.69, 9.17) is 0 Å². The predicted molar refractivity (Wildman–Crippen MR) is 107 cm³/mol. The van der Waals surface area contributed by atoms with Crippen molar-refractivity contribution < 1.29 is 9.18 Å². The molecule has 2 N–H and O–H groups in total. The molecule has 2 fully saturated rings. The normalized spacial score (nSPS) is 24.1. The number of nitrogens with one attached hydrogen (secondary N) is 2. The fourth-order valence-electron chi connectivity index (χ4n) is 4.68.